The third kappa shape index (κ3) is 2.90. The second-order valence-corrected chi connectivity index (χ2v) is 8.34. The molecule has 5 rings (SSSR count). The molecule has 0 bridgehead atoms. The van der Waals surface area contributed by atoms with Crippen LogP contribution >= 0.6 is 0 Å². The normalized spacial score (nSPS) is 24.1. The summed E-state index contributed by atoms with van der Waals surface area (Å²) in [5.74, 6) is -0.600. The predicted octanol–water partition coefficient (Wildman–Crippen LogP) is 1.06. The number of carbonyl (C=O) groups excluding carboxylic acids is 3. The van der Waals surface area contributed by atoms with Crippen LogP contribution in [0, 0.1) is 0 Å². The van der Waals surface area contributed by atoms with Crippen molar-refractivity contribution in [2.45, 2.75) is 36.9 Å². The second kappa shape index (κ2) is 6.98. The fraction of sp³-hybridized carbons (Fsp3) is 0.409. The standard InChI is InChI=1S/C22H24N4O4/c1-2-19(27)24-15-10-30-11-16(15)25-20(28)14-5-4-13-8-18-21(29)23-12-22(6-3-7-22)26(18)17(13)9-14/h2,4-5,8-9,15-16H,1,3,6-7,10-12H2,(H,23,29)(H,24,27)(H,25,28)/t15-,16+/m0/s1. The summed E-state index contributed by atoms with van der Waals surface area (Å²) in [7, 11) is 0. The smallest absolute Gasteiger partial charge is 0.268 e. The number of ether oxygens (including phenoxy) is 1. The second-order valence-electron chi connectivity index (χ2n) is 8.34. The number of amides is 3. The van der Waals surface area contributed by atoms with Crippen molar-refractivity contribution in [3.8, 4) is 0 Å². The van der Waals surface area contributed by atoms with Gasteiger partial charge in [0.15, 0.2) is 0 Å². The number of aromatic nitrogens is 1. The summed E-state index contributed by atoms with van der Waals surface area (Å²) >= 11 is 0. The van der Waals surface area contributed by atoms with Crippen LogP contribution in [0.15, 0.2) is 36.9 Å². The molecule has 1 saturated carbocycles. The van der Waals surface area contributed by atoms with Gasteiger partial charge in [-0.1, -0.05) is 12.6 Å². The average molecular weight is 408 g/mol. The Balaban J connectivity index is 1.43. The summed E-state index contributed by atoms with van der Waals surface area (Å²) in [4.78, 5) is 37.0. The van der Waals surface area contributed by atoms with Gasteiger partial charge < -0.3 is 25.3 Å². The molecule has 156 valence electrons. The Morgan fingerprint density at radius 1 is 1.20 bits per heavy atom. The zero-order chi connectivity index (χ0) is 20.9. The van der Waals surface area contributed by atoms with Crippen molar-refractivity contribution in [1.82, 2.24) is 20.5 Å². The molecule has 3 N–H and O–H groups in total. The lowest BCUT2D eigenvalue weighted by atomic mass is 9.75. The highest BCUT2D eigenvalue weighted by Gasteiger charge is 2.44. The number of hydrogen-bond acceptors (Lipinski definition) is 4. The summed E-state index contributed by atoms with van der Waals surface area (Å²) in [6, 6.07) is 6.80. The number of benzene rings is 1. The quantitative estimate of drug-likeness (QED) is 0.659. The summed E-state index contributed by atoms with van der Waals surface area (Å²) in [5.41, 5.74) is 2.00. The van der Waals surface area contributed by atoms with Crippen LogP contribution in [0.5, 0.6) is 0 Å². The summed E-state index contributed by atoms with van der Waals surface area (Å²) in [6.45, 7) is 4.76. The summed E-state index contributed by atoms with van der Waals surface area (Å²) in [6.07, 6.45) is 4.37. The molecule has 3 heterocycles. The minimum absolute atomic E-state index is 0.0707. The maximum absolute atomic E-state index is 13.0. The van der Waals surface area contributed by atoms with E-state index >= 15 is 0 Å². The van der Waals surface area contributed by atoms with Crippen LogP contribution in [-0.2, 0) is 15.1 Å². The van der Waals surface area contributed by atoms with E-state index in [1.165, 1.54) is 6.08 Å². The minimum Gasteiger partial charge on any atom is -0.377 e. The zero-order valence-electron chi connectivity index (χ0n) is 16.6. The highest BCUT2D eigenvalue weighted by atomic mass is 16.5. The van der Waals surface area contributed by atoms with Crippen LogP contribution in [0.1, 0.15) is 40.1 Å². The van der Waals surface area contributed by atoms with Gasteiger partial charge in [0.05, 0.1) is 36.4 Å². The van der Waals surface area contributed by atoms with Crippen LogP contribution < -0.4 is 16.0 Å². The number of nitrogens with zero attached hydrogens (tertiary/aromatic N) is 1. The van der Waals surface area contributed by atoms with Crippen molar-refractivity contribution < 1.29 is 19.1 Å². The molecule has 8 nitrogen and oxygen atoms in total. The first-order valence-corrected chi connectivity index (χ1v) is 10.3. The van der Waals surface area contributed by atoms with E-state index in [2.05, 4.69) is 27.1 Å². The molecule has 2 fully saturated rings. The van der Waals surface area contributed by atoms with Crippen LogP contribution in [0.4, 0.5) is 0 Å². The Kier molecular flexibility index (Phi) is 4.39. The number of rotatable bonds is 4. The molecule has 1 aromatic carbocycles. The van der Waals surface area contributed by atoms with Gasteiger partial charge in [-0.05, 0) is 43.5 Å². The lowest BCUT2D eigenvalue weighted by Crippen LogP contribution is -2.55. The molecular weight excluding hydrogens is 384 g/mol. The van der Waals surface area contributed by atoms with E-state index in [0.717, 1.165) is 30.2 Å². The van der Waals surface area contributed by atoms with Gasteiger partial charge in [0.25, 0.3) is 11.8 Å². The van der Waals surface area contributed by atoms with E-state index in [1.807, 2.05) is 18.2 Å². The first-order chi connectivity index (χ1) is 14.5. The topological polar surface area (TPSA) is 101 Å². The van der Waals surface area contributed by atoms with Gasteiger partial charge >= 0.3 is 0 Å². The first kappa shape index (κ1) is 18.9. The molecule has 2 atom stereocenters. The van der Waals surface area contributed by atoms with Gasteiger partial charge in [-0.15, -0.1) is 0 Å². The fourth-order valence-corrected chi connectivity index (χ4v) is 4.75. The largest absolute Gasteiger partial charge is 0.377 e. The molecular formula is C22H24N4O4. The average Bonchev–Trinajstić information content (AvgIpc) is 3.31. The molecule has 2 aliphatic heterocycles. The third-order valence-corrected chi connectivity index (χ3v) is 6.55. The van der Waals surface area contributed by atoms with E-state index in [-0.39, 0.29) is 35.3 Å². The molecule has 0 unspecified atom stereocenters. The van der Waals surface area contributed by atoms with Crippen molar-refractivity contribution in [1.29, 1.82) is 0 Å². The molecule has 2 aromatic rings. The third-order valence-electron chi connectivity index (χ3n) is 6.55. The maximum Gasteiger partial charge on any atom is 0.268 e. The highest BCUT2D eigenvalue weighted by Crippen LogP contribution is 2.44. The predicted molar refractivity (Wildman–Crippen MR) is 110 cm³/mol. The van der Waals surface area contributed by atoms with Gasteiger partial charge in [0.2, 0.25) is 5.91 Å². The van der Waals surface area contributed by atoms with E-state index in [9.17, 15) is 14.4 Å². The molecule has 30 heavy (non-hydrogen) atoms. The van der Waals surface area contributed by atoms with E-state index in [1.54, 1.807) is 6.07 Å². The number of carbonyl (C=O) groups is 3. The zero-order valence-corrected chi connectivity index (χ0v) is 16.6. The van der Waals surface area contributed by atoms with Crippen LogP contribution in [0.2, 0.25) is 0 Å². The molecule has 8 heteroatoms. The molecule has 1 aliphatic carbocycles. The van der Waals surface area contributed by atoms with Crippen molar-refractivity contribution >= 4 is 28.6 Å². The SMILES string of the molecule is C=CC(=O)N[C@H]1COC[C@H]1NC(=O)c1ccc2cc3n(c2c1)C1(CCC1)CNC3=O. The number of hydrogen-bond donors (Lipinski definition) is 3. The van der Waals surface area contributed by atoms with Crippen molar-refractivity contribution in [2.75, 3.05) is 19.8 Å². The van der Waals surface area contributed by atoms with Crippen LogP contribution in [0.25, 0.3) is 10.9 Å². The van der Waals surface area contributed by atoms with Gasteiger partial charge in [-0.25, -0.2) is 0 Å². The first-order valence-electron chi connectivity index (χ1n) is 10.3. The molecule has 3 aliphatic rings. The molecule has 1 saturated heterocycles. The molecule has 1 aromatic heterocycles. The van der Waals surface area contributed by atoms with E-state index in [0.29, 0.717) is 31.0 Å². The Hall–Kier alpha value is -3.13. The van der Waals surface area contributed by atoms with Crippen molar-refractivity contribution in [2.24, 2.45) is 0 Å². The monoisotopic (exact) mass is 408 g/mol. The fourth-order valence-electron chi connectivity index (χ4n) is 4.75. The van der Waals surface area contributed by atoms with Crippen LogP contribution in [0.3, 0.4) is 0 Å². The van der Waals surface area contributed by atoms with E-state index < -0.39 is 0 Å². The molecule has 3 amide bonds. The van der Waals surface area contributed by atoms with Crippen molar-refractivity contribution in [3.63, 3.8) is 0 Å². The highest BCUT2D eigenvalue weighted by molar-refractivity contribution is 6.03. The Morgan fingerprint density at radius 2 is 1.97 bits per heavy atom. The number of fused-ring (bicyclic) bond motifs is 4. The van der Waals surface area contributed by atoms with Gasteiger partial charge in [-0.2, -0.15) is 0 Å². The molecule has 1 spiro atoms. The van der Waals surface area contributed by atoms with Gasteiger partial charge in [0, 0.05) is 17.5 Å². The number of nitrogens with one attached hydrogen (secondary N) is 3. The Labute approximate surface area is 173 Å². The lowest BCUT2D eigenvalue weighted by Gasteiger charge is -2.47. The van der Waals surface area contributed by atoms with Crippen molar-refractivity contribution in [3.05, 3.63) is 48.2 Å². The summed E-state index contributed by atoms with van der Waals surface area (Å²) in [5, 5.41) is 9.71. The maximum atomic E-state index is 13.0. The molecule has 0 radical (unpaired) electrons. The van der Waals surface area contributed by atoms with Gasteiger partial charge in [0.1, 0.15) is 5.69 Å². The van der Waals surface area contributed by atoms with Gasteiger partial charge in [-0.3, -0.25) is 14.4 Å². The van der Waals surface area contributed by atoms with E-state index in [4.69, 9.17) is 4.74 Å². The lowest BCUT2D eigenvalue weighted by molar-refractivity contribution is -0.117. The summed E-state index contributed by atoms with van der Waals surface area (Å²) < 4.78 is 7.57. The van der Waals surface area contributed by atoms with Crippen LogP contribution in [-0.4, -0.2) is 54.1 Å². The Bertz CT molecular complexity index is 1070. The Morgan fingerprint density at radius 3 is 2.67 bits per heavy atom. The minimum atomic E-state index is -0.318.